The SMILES string of the molecule is Cc1cc(NCCS(=O)(=O)N(C)C)nc(-c2cccnc2)n1. The fourth-order valence-electron chi connectivity index (χ4n) is 1.77. The lowest BCUT2D eigenvalue weighted by molar-refractivity contribution is 0.521. The topological polar surface area (TPSA) is 88.1 Å². The van der Waals surface area contributed by atoms with Crippen LogP contribution in [0.1, 0.15) is 5.69 Å². The first-order chi connectivity index (χ1) is 10.4. The van der Waals surface area contributed by atoms with Crippen LogP contribution in [0.2, 0.25) is 0 Å². The van der Waals surface area contributed by atoms with Gasteiger partial charge >= 0.3 is 0 Å². The van der Waals surface area contributed by atoms with Crippen molar-refractivity contribution < 1.29 is 8.42 Å². The van der Waals surface area contributed by atoms with Gasteiger partial charge in [0.2, 0.25) is 10.0 Å². The van der Waals surface area contributed by atoms with E-state index in [4.69, 9.17) is 0 Å². The summed E-state index contributed by atoms with van der Waals surface area (Å²) in [4.78, 5) is 12.8. The first kappa shape index (κ1) is 16.3. The Morgan fingerprint density at radius 3 is 2.68 bits per heavy atom. The van der Waals surface area contributed by atoms with E-state index < -0.39 is 10.0 Å². The number of rotatable bonds is 6. The van der Waals surface area contributed by atoms with Crippen LogP contribution in [0.5, 0.6) is 0 Å². The lowest BCUT2D eigenvalue weighted by atomic mass is 10.2. The molecule has 0 aliphatic heterocycles. The Labute approximate surface area is 130 Å². The molecule has 22 heavy (non-hydrogen) atoms. The molecule has 0 bridgehead atoms. The molecule has 2 aromatic heterocycles. The Morgan fingerprint density at radius 2 is 2.05 bits per heavy atom. The van der Waals surface area contributed by atoms with Crippen LogP contribution in [0, 0.1) is 6.92 Å². The summed E-state index contributed by atoms with van der Waals surface area (Å²) in [5.41, 5.74) is 1.61. The number of aryl methyl sites for hydroxylation is 1. The molecule has 0 unspecified atom stereocenters. The molecule has 0 atom stereocenters. The summed E-state index contributed by atoms with van der Waals surface area (Å²) >= 11 is 0. The number of hydrogen-bond donors (Lipinski definition) is 1. The highest BCUT2D eigenvalue weighted by molar-refractivity contribution is 7.89. The molecule has 0 saturated heterocycles. The van der Waals surface area contributed by atoms with Gasteiger partial charge in [-0.3, -0.25) is 4.98 Å². The minimum atomic E-state index is -3.22. The van der Waals surface area contributed by atoms with Crippen LogP contribution in [-0.2, 0) is 10.0 Å². The maximum absolute atomic E-state index is 11.7. The molecule has 118 valence electrons. The van der Waals surface area contributed by atoms with Crippen molar-refractivity contribution in [3.05, 3.63) is 36.3 Å². The third kappa shape index (κ3) is 4.22. The molecule has 0 amide bonds. The zero-order valence-corrected chi connectivity index (χ0v) is 13.6. The fourth-order valence-corrected chi connectivity index (χ4v) is 2.50. The molecule has 0 fully saturated rings. The molecular weight excluding hydrogens is 302 g/mol. The van der Waals surface area contributed by atoms with E-state index in [-0.39, 0.29) is 12.3 Å². The van der Waals surface area contributed by atoms with Gasteiger partial charge in [-0.1, -0.05) is 0 Å². The summed E-state index contributed by atoms with van der Waals surface area (Å²) in [6, 6.07) is 5.47. The molecule has 0 aromatic carbocycles. The number of hydrogen-bond acceptors (Lipinski definition) is 6. The van der Waals surface area contributed by atoms with Crippen LogP contribution in [0.4, 0.5) is 5.82 Å². The van der Waals surface area contributed by atoms with Crippen molar-refractivity contribution in [2.45, 2.75) is 6.92 Å². The highest BCUT2D eigenvalue weighted by atomic mass is 32.2. The second-order valence-electron chi connectivity index (χ2n) is 4.99. The van der Waals surface area contributed by atoms with E-state index in [1.165, 1.54) is 18.4 Å². The number of sulfonamides is 1. The zero-order chi connectivity index (χ0) is 16.2. The molecule has 2 rings (SSSR count). The van der Waals surface area contributed by atoms with E-state index in [1.807, 2.05) is 19.1 Å². The van der Waals surface area contributed by atoms with Gasteiger partial charge in [0.1, 0.15) is 5.82 Å². The van der Waals surface area contributed by atoms with Gasteiger partial charge in [0, 0.05) is 50.4 Å². The molecule has 7 nitrogen and oxygen atoms in total. The predicted octanol–water partition coefficient (Wildman–Crippen LogP) is 1.15. The molecule has 8 heteroatoms. The quantitative estimate of drug-likeness (QED) is 0.858. The van der Waals surface area contributed by atoms with Gasteiger partial charge in [-0.25, -0.2) is 22.7 Å². The van der Waals surface area contributed by atoms with Gasteiger partial charge in [-0.05, 0) is 19.1 Å². The standard InChI is InChI=1S/C14H19N5O2S/c1-11-9-13(16-7-8-22(20,21)19(2)3)18-14(17-11)12-5-4-6-15-10-12/h4-6,9-10H,7-8H2,1-3H3,(H,16,17,18). The fraction of sp³-hybridized carbons (Fsp3) is 0.357. The first-order valence-corrected chi connectivity index (χ1v) is 8.39. The van der Waals surface area contributed by atoms with Crippen LogP contribution in [0.3, 0.4) is 0 Å². The monoisotopic (exact) mass is 321 g/mol. The molecule has 2 heterocycles. The average Bonchev–Trinajstić information content (AvgIpc) is 2.47. The van der Waals surface area contributed by atoms with E-state index >= 15 is 0 Å². The van der Waals surface area contributed by atoms with E-state index in [0.717, 1.165) is 11.3 Å². The van der Waals surface area contributed by atoms with E-state index in [0.29, 0.717) is 11.6 Å². The van der Waals surface area contributed by atoms with Crippen molar-refractivity contribution in [3.8, 4) is 11.4 Å². The number of nitrogens with one attached hydrogen (secondary N) is 1. The summed E-state index contributed by atoms with van der Waals surface area (Å²) in [5.74, 6) is 1.16. The van der Waals surface area contributed by atoms with Crippen LogP contribution < -0.4 is 5.32 Å². The highest BCUT2D eigenvalue weighted by Gasteiger charge is 2.13. The van der Waals surface area contributed by atoms with Gasteiger partial charge in [0.05, 0.1) is 5.75 Å². The van der Waals surface area contributed by atoms with E-state index in [2.05, 4.69) is 20.3 Å². The van der Waals surface area contributed by atoms with Crippen LogP contribution in [-0.4, -0.2) is 54.1 Å². The lowest BCUT2D eigenvalue weighted by Gasteiger charge is -2.12. The van der Waals surface area contributed by atoms with E-state index in [1.54, 1.807) is 18.5 Å². The van der Waals surface area contributed by atoms with Crippen molar-refractivity contribution in [3.63, 3.8) is 0 Å². The Morgan fingerprint density at radius 1 is 1.27 bits per heavy atom. The van der Waals surface area contributed by atoms with Crippen molar-refractivity contribution in [1.29, 1.82) is 0 Å². The van der Waals surface area contributed by atoms with Crippen LogP contribution in [0.25, 0.3) is 11.4 Å². The molecule has 0 saturated carbocycles. The largest absolute Gasteiger partial charge is 0.369 e. The Hall–Kier alpha value is -2.06. The minimum absolute atomic E-state index is 0.00523. The Balaban J connectivity index is 2.11. The first-order valence-electron chi connectivity index (χ1n) is 6.78. The number of aromatic nitrogens is 3. The van der Waals surface area contributed by atoms with Gasteiger partial charge in [-0.15, -0.1) is 0 Å². The van der Waals surface area contributed by atoms with Gasteiger partial charge < -0.3 is 5.32 Å². The molecular formula is C14H19N5O2S. The summed E-state index contributed by atoms with van der Waals surface area (Å²) in [7, 11) is -0.186. The lowest BCUT2D eigenvalue weighted by Crippen LogP contribution is -2.28. The average molecular weight is 321 g/mol. The van der Waals surface area contributed by atoms with Gasteiger partial charge in [0.15, 0.2) is 5.82 Å². The zero-order valence-electron chi connectivity index (χ0n) is 12.8. The van der Waals surface area contributed by atoms with Gasteiger partial charge in [-0.2, -0.15) is 0 Å². The number of nitrogens with zero attached hydrogens (tertiary/aromatic N) is 4. The maximum atomic E-state index is 11.7. The van der Waals surface area contributed by atoms with Crippen molar-refractivity contribution in [2.75, 3.05) is 31.7 Å². The second-order valence-corrected chi connectivity index (χ2v) is 7.29. The second kappa shape index (κ2) is 6.80. The molecule has 0 radical (unpaired) electrons. The van der Waals surface area contributed by atoms with Crippen molar-refractivity contribution >= 4 is 15.8 Å². The minimum Gasteiger partial charge on any atom is -0.369 e. The van der Waals surface area contributed by atoms with Crippen LogP contribution >= 0.6 is 0 Å². The van der Waals surface area contributed by atoms with Crippen LogP contribution in [0.15, 0.2) is 30.6 Å². The highest BCUT2D eigenvalue weighted by Crippen LogP contribution is 2.16. The third-order valence-corrected chi connectivity index (χ3v) is 4.83. The summed E-state index contributed by atoms with van der Waals surface area (Å²) in [5, 5.41) is 3.03. The molecule has 0 aliphatic rings. The normalized spacial score (nSPS) is 11.6. The molecule has 2 aromatic rings. The Bertz CT molecular complexity index is 732. The molecule has 0 aliphatic carbocycles. The van der Waals surface area contributed by atoms with Crippen molar-refractivity contribution in [1.82, 2.24) is 19.3 Å². The number of anilines is 1. The maximum Gasteiger partial charge on any atom is 0.215 e. The molecule has 1 N–H and O–H groups in total. The molecule has 0 spiro atoms. The number of pyridine rings is 1. The predicted molar refractivity (Wildman–Crippen MR) is 86.0 cm³/mol. The third-order valence-electron chi connectivity index (χ3n) is 3.00. The summed E-state index contributed by atoms with van der Waals surface area (Å²) < 4.78 is 24.7. The van der Waals surface area contributed by atoms with E-state index in [9.17, 15) is 8.42 Å². The summed E-state index contributed by atoms with van der Waals surface area (Å²) in [6.07, 6.45) is 3.37. The van der Waals surface area contributed by atoms with Crippen molar-refractivity contribution in [2.24, 2.45) is 0 Å². The smallest absolute Gasteiger partial charge is 0.215 e. The van der Waals surface area contributed by atoms with Gasteiger partial charge in [0.25, 0.3) is 0 Å². The summed E-state index contributed by atoms with van der Waals surface area (Å²) in [6.45, 7) is 2.15. The Kier molecular flexibility index (Phi) is 5.04.